The van der Waals surface area contributed by atoms with Crippen LogP contribution in [0.3, 0.4) is 0 Å². The van der Waals surface area contributed by atoms with Crippen molar-refractivity contribution in [2.75, 3.05) is 7.11 Å². The highest BCUT2D eigenvalue weighted by atomic mass is 35.5. The molecule has 0 radical (unpaired) electrons. The van der Waals surface area contributed by atoms with Gasteiger partial charge in [0, 0.05) is 10.6 Å². The molecule has 0 saturated heterocycles. The minimum atomic E-state index is -1.03. The molecule has 3 nitrogen and oxygen atoms in total. The summed E-state index contributed by atoms with van der Waals surface area (Å²) in [7, 11) is 1.44. The third-order valence-electron chi connectivity index (χ3n) is 2.61. The van der Waals surface area contributed by atoms with Crippen molar-refractivity contribution in [1.29, 1.82) is 0 Å². The van der Waals surface area contributed by atoms with Crippen molar-refractivity contribution in [1.82, 2.24) is 0 Å². The molecule has 18 heavy (non-hydrogen) atoms. The van der Waals surface area contributed by atoms with Crippen LogP contribution in [0, 0.1) is 0 Å². The van der Waals surface area contributed by atoms with Gasteiger partial charge in [0.05, 0.1) is 7.11 Å². The van der Waals surface area contributed by atoms with Crippen molar-refractivity contribution >= 4 is 17.6 Å². The topological polar surface area (TPSA) is 46.5 Å². The normalized spacial score (nSPS) is 10.1. The summed E-state index contributed by atoms with van der Waals surface area (Å²) in [4.78, 5) is 11.1. The molecule has 0 aromatic heterocycles. The first-order valence-electron chi connectivity index (χ1n) is 5.29. The fourth-order valence-electron chi connectivity index (χ4n) is 1.74. The van der Waals surface area contributed by atoms with Gasteiger partial charge in [-0.15, -0.1) is 0 Å². The number of carbonyl (C=O) groups is 1. The molecule has 92 valence electrons. The number of hydrogen-bond acceptors (Lipinski definition) is 2. The fourth-order valence-corrected chi connectivity index (χ4v) is 1.98. The maximum Gasteiger partial charge on any atom is 0.339 e. The van der Waals surface area contributed by atoms with Crippen LogP contribution >= 0.6 is 11.6 Å². The van der Waals surface area contributed by atoms with Gasteiger partial charge in [0.1, 0.15) is 11.3 Å². The van der Waals surface area contributed by atoms with Gasteiger partial charge in [0.25, 0.3) is 0 Å². The molecule has 0 bridgehead atoms. The number of halogens is 1. The van der Waals surface area contributed by atoms with Gasteiger partial charge in [-0.25, -0.2) is 4.79 Å². The van der Waals surface area contributed by atoms with E-state index in [4.69, 9.17) is 21.4 Å². The average molecular weight is 263 g/mol. The van der Waals surface area contributed by atoms with Gasteiger partial charge in [0.2, 0.25) is 0 Å². The van der Waals surface area contributed by atoms with E-state index in [1.807, 2.05) is 18.2 Å². The van der Waals surface area contributed by atoms with E-state index < -0.39 is 5.97 Å². The van der Waals surface area contributed by atoms with Gasteiger partial charge in [-0.05, 0) is 23.8 Å². The Bertz CT molecular complexity index is 593. The van der Waals surface area contributed by atoms with Gasteiger partial charge in [-0.3, -0.25) is 0 Å². The molecule has 0 fully saturated rings. The number of methoxy groups -OCH3 is 1. The van der Waals surface area contributed by atoms with E-state index in [9.17, 15) is 4.79 Å². The fraction of sp³-hybridized carbons (Fsp3) is 0.0714. The van der Waals surface area contributed by atoms with Gasteiger partial charge in [-0.1, -0.05) is 35.9 Å². The number of hydrogen-bond donors (Lipinski definition) is 1. The predicted molar refractivity (Wildman–Crippen MR) is 70.4 cm³/mol. The number of benzene rings is 2. The molecule has 0 aliphatic rings. The summed E-state index contributed by atoms with van der Waals surface area (Å²) < 4.78 is 5.01. The first-order valence-corrected chi connectivity index (χ1v) is 5.67. The lowest BCUT2D eigenvalue weighted by molar-refractivity contribution is 0.0693. The minimum Gasteiger partial charge on any atom is -0.496 e. The summed E-state index contributed by atoms with van der Waals surface area (Å²) >= 11 is 6.09. The van der Waals surface area contributed by atoms with E-state index in [0.717, 1.165) is 11.1 Å². The van der Waals surface area contributed by atoms with Crippen LogP contribution in [0.2, 0.25) is 5.02 Å². The monoisotopic (exact) mass is 262 g/mol. The first-order chi connectivity index (χ1) is 8.63. The molecule has 4 heteroatoms. The number of rotatable bonds is 3. The number of carboxylic acid groups (broad SMARTS) is 1. The Kier molecular flexibility index (Phi) is 3.53. The molecule has 0 aliphatic carbocycles. The Morgan fingerprint density at radius 2 is 1.94 bits per heavy atom. The summed E-state index contributed by atoms with van der Waals surface area (Å²) in [5.41, 5.74) is 1.66. The molecular weight excluding hydrogens is 252 g/mol. The van der Waals surface area contributed by atoms with Gasteiger partial charge in [-0.2, -0.15) is 0 Å². The summed E-state index contributed by atoms with van der Waals surface area (Å²) in [6.45, 7) is 0. The predicted octanol–water partition coefficient (Wildman–Crippen LogP) is 3.71. The molecule has 0 amide bonds. The molecule has 2 rings (SSSR count). The Balaban J connectivity index is 2.57. The molecule has 1 N–H and O–H groups in total. The lowest BCUT2D eigenvalue weighted by Crippen LogP contribution is -2.00. The van der Waals surface area contributed by atoms with Crippen molar-refractivity contribution in [3.8, 4) is 16.9 Å². The molecule has 0 unspecified atom stereocenters. The van der Waals surface area contributed by atoms with Crippen LogP contribution in [0.4, 0.5) is 0 Å². The smallest absolute Gasteiger partial charge is 0.339 e. The van der Waals surface area contributed by atoms with Crippen LogP contribution < -0.4 is 4.74 Å². The van der Waals surface area contributed by atoms with Crippen LogP contribution in [0.5, 0.6) is 5.75 Å². The molecular formula is C14H11ClO3. The van der Waals surface area contributed by atoms with Crippen LogP contribution in [-0.4, -0.2) is 18.2 Å². The number of ether oxygens (including phenoxy) is 1. The quantitative estimate of drug-likeness (QED) is 0.917. The Morgan fingerprint density at radius 1 is 1.22 bits per heavy atom. The zero-order chi connectivity index (χ0) is 13.1. The standard InChI is InChI=1S/C14H11ClO3/c1-18-13-7-6-9(8-11(13)14(16)17)10-4-2-3-5-12(10)15/h2-8H,1H3,(H,16,17). The lowest BCUT2D eigenvalue weighted by atomic mass is 10.0. The molecule has 2 aromatic rings. The van der Waals surface area contributed by atoms with Crippen molar-refractivity contribution in [2.45, 2.75) is 0 Å². The summed E-state index contributed by atoms with van der Waals surface area (Å²) in [6, 6.07) is 12.3. The number of aromatic carboxylic acids is 1. The Hall–Kier alpha value is -2.00. The zero-order valence-corrected chi connectivity index (χ0v) is 10.4. The Labute approximate surface area is 110 Å². The van der Waals surface area contributed by atoms with Crippen molar-refractivity contribution in [3.63, 3.8) is 0 Å². The summed E-state index contributed by atoms with van der Waals surface area (Å²) in [6.07, 6.45) is 0. The van der Waals surface area contributed by atoms with E-state index in [-0.39, 0.29) is 5.56 Å². The van der Waals surface area contributed by atoms with Crippen LogP contribution in [0.25, 0.3) is 11.1 Å². The summed E-state index contributed by atoms with van der Waals surface area (Å²) in [5.74, 6) is -0.695. The second-order valence-electron chi connectivity index (χ2n) is 3.70. The first kappa shape index (κ1) is 12.5. The molecule has 0 aliphatic heterocycles. The summed E-state index contributed by atoms with van der Waals surface area (Å²) in [5, 5.41) is 9.71. The highest BCUT2D eigenvalue weighted by Gasteiger charge is 2.13. The minimum absolute atomic E-state index is 0.120. The maximum absolute atomic E-state index is 11.1. The second kappa shape index (κ2) is 5.10. The van der Waals surface area contributed by atoms with E-state index in [2.05, 4.69) is 0 Å². The van der Waals surface area contributed by atoms with Crippen LogP contribution in [-0.2, 0) is 0 Å². The second-order valence-corrected chi connectivity index (χ2v) is 4.11. The number of carboxylic acids is 1. The SMILES string of the molecule is COc1ccc(-c2ccccc2Cl)cc1C(=O)O. The molecule has 2 aromatic carbocycles. The van der Waals surface area contributed by atoms with Crippen molar-refractivity contribution in [3.05, 3.63) is 53.1 Å². The molecule has 0 heterocycles. The third kappa shape index (κ3) is 2.31. The lowest BCUT2D eigenvalue weighted by Gasteiger charge is -2.09. The van der Waals surface area contributed by atoms with E-state index in [1.54, 1.807) is 24.3 Å². The van der Waals surface area contributed by atoms with Crippen molar-refractivity contribution in [2.24, 2.45) is 0 Å². The van der Waals surface area contributed by atoms with E-state index in [0.29, 0.717) is 10.8 Å². The highest BCUT2D eigenvalue weighted by molar-refractivity contribution is 6.33. The van der Waals surface area contributed by atoms with Crippen molar-refractivity contribution < 1.29 is 14.6 Å². The van der Waals surface area contributed by atoms with Gasteiger partial charge in [0.15, 0.2) is 0 Å². The Morgan fingerprint density at radius 3 is 2.56 bits per heavy atom. The van der Waals surface area contributed by atoms with Gasteiger partial charge >= 0.3 is 5.97 Å². The zero-order valence-electron chi connectivity index (χ0n) is 9.68. The van der Waals surface area contributed by atoms with E-state index in [1.165, 1.54) is 7.11 Å². The van der Waals surface area contributed by atoms with Crippen LogP contribution in [0.15, 0.2) is 42.5 Å². The molecule has 0 spiro atoms. The van der Waals surface area contributed by atoms with Crippen LogP contribution in [0.1, 0.15) is 10.4 Å². The van der Waals surface area contributed by atoms with Gasteiger partial charge < -0.3 is 9.84 Å². The third-order valence-corrected chi connectivity index (χ3v) is 2.94. The molecule has 0 atom stereocenters. The highest BCUT2D eigenvalue weighted by Crippen LogP contribution is 2.31. The average Bonchev–Trinajstić information content (AvgIpc) is 2.38. The molecule has 0 saturated carbocycles. The van der Waals surface area contributed by atoms with E-state index >= 15 is 0 Å². The maximum atomic E-state index is 11.1. The largest absolute Gasteiger partial charge is 0.496 e.